The normalized spacial score (nSPS) is 22.5. The van der Waals surface area contributed by atoms with Crippen LogP contribution in [0.15, 0.2) is 0 Å². The first-order valence-corrected chi connectivity index (χ1v) is 7.09. The topological polar surface area (TPSA) is 6.48 Å². The molecule has 2 nitrogen and oxygen atoms in total. The summed E-state index contributed by atoms with van der Waals surface area (Å²) in [6.07, 6.45) is 5.13. The van der Waals surface area contributed by atoms with Crippen LogP contribution in [0, 0.1) is 0 Å². The van der Waals surface area contributed by atoms with E-state index in [4.69, 9.17) is 11.6 Å². The van der Waals surface area contributed by atoms with Crippen molar-refractivity contribution in [2.45, 2.75) is 45.1 Å². The number of piperazine rings is 1. The van der Waals surface area contributed by atoms with Gasteiger partial charge in [-0.05, 0) is 40.3 Å². The van der Waals surface area contributed by atoms with Gasteiger partial charge in [0.25, 0.3) is 0 Å². The smallest absolute Gasteiger partial charge is 0.0277 e. The first kappa shape index (κ1) is 14.3. The van der Waals surface area contributed by atoms with Crippen molar-refractivity contribution in [3.05, 3.63) is 0 Å². The first-order chi connectivity index (χ1) is 7.56. The highest BCUT2D eigenvalue weighted by molar-refractivity contribution is 6.17. The van der Waals surface area contributed by atoms with Crippen LogP contribution in [0.3, 0.4) is 0 Å². The molecule has 0 aromatic carbocycles. The minimum absolute atomic E-state index is 0.342. The van der Waals surface area contributed by atoms with Crippen LogP contribution in [0.5, 0.6) is 0 Å². The Labute approximate surface area is 106 Å². The maximum Gasteiger partial charge on any atom is 0.0277 e. The van der Waals surface area contributed by atoms with E-state index >= 15 is 0 Å². The quantitative estimate of drug-likeness (QED) is 0.525. The Kier molecular flexibility index (Phi) is 6.09. The lowest BCUT2D eigenvalue weighted by Gasteiger charge is -2.45. The van der Waals surface area contributed by atoms with E-state index in [1.54, 1.807) is 0 Å². The lowest BCUT2D eigenvalue weighted by Crippen LogP contribution is -2.57. The molecule has 1 rings (SSSR count). The molecule has 1 aliphatic rings. The van der Waals surface area contributed by atoms with E-state index in [-0.39, 0.29) is 0 Å². The number of alkyl halides is 1. The average molecular weight is 247 g/mol. The second kappa shape index (κ2) is 6.83. The van der Waals surface area contributed by atoms with Gasteiger partial charge in [-0.2, -0.15) is 0 Å². The van der Waals surface area contributed by atoms with Gasteiger partial charge >= 0.3 is 0 Å². The fourth-order valence-electron chi connectivity index (χ4n) is 2.32. The molecule has 1 saturated heterocycles. The minimum atomic E-state index is 0.342. The molecule has 0 amide bonds. The maximum atomic E-state index is 5.67. The van der Waals surface area contributed by atoms with E-state index in [0.29, 0.717) is 5.54 Å². The van der Waals surface area contributed by atoms with E-state index in [2.05, 4.69) is 30.7 Å². The third-order valence-electron chi connectivity index (χ3n) is 3.75. The fraction of sp³-hybridized carbons (Fsp3) is 1.00. The summed E-state index contributed by atoms with van der Waals surface area (Å²) < 4.78 is 0. The zero-order chi connectivity index (χ0) is 12.0. The van der Waals surface area contributed by atoms with Gasteiger partial charge in [0.15, 0.2) is 0 Å². The van der Waals surface area contributed by atoms with Crippen molar-refractivity contribution in [3.63, 3.8) is 0 Å². The lowest BCUT2D eigenvalue weighted by molar-refractivity contribution is 0.0393. The summed E-state index contributed by atoms with van der Waals surface area (Å²) in [7, 11) is 2.23. The van der Waals surface area contributed by atoms with Gasteiger partial charge in [-0.25, -0.2) is 0 Å². The highest BCUT2D eigenvalue weighted by atomic mass is 35.5. The summed E-state index contributed by atoms with van der Waals surface area (Å²) in [5.74, 6) is 0.821. The van der Waals surface area contributed by atoms with Crippen molar-refractivity contribution in [2.75, 3.05) is 39.1 Å². The van der Waals surface area contributed by atoms with Crippen LogP contribution in [0.1, 0.15) is 39.5 Å². The van der Waals surface area contributed by atoms with Gasteiger partial charge in [0.05, 0.1) is 0 Å². The molecule has 0 spiro atoms. The number of rotatable bonds is 6. The van der Waals surface area contributed by atoms with Crippen molar-refractivity contribution in [1.82, 2.24) is 9.80 Å². The van der Waals surface area contributed by atoms with Gasteiger partial charge in [-0.3, -0.25) is 4.90 Å². The third kappa shape index (κ3) is 4.60. The molecule has 96 valence electrons. The van der Waals surface area contributed by atoms with Crippen molar-refractivity contribution in [2.24, 2.45) is 0 Å². The monoisotopic (exact) mass is 246 g/mol. The van der Waals surface area contributed by atoms with Crippen LogP contribution in [0.4, 0.5) is 0 Å². The molecule has 3 heteroatoms. The van der Waals surface area contributed by atoms with Gasteiger partial charge in [-0.15, -0.1) is 11.6 Å². The van der Waals surface area contributed by atoms with E-state index < -0.39 is 0 Å². The molecule has 0 saturated carbocycles. The van der Waals surface area contributed by atoms with E-state index in [1.165, 1.54) is 51.9 Å². The van der Waals surface area contributed by atoms with Crippen LogP contribution >= 0.6 is 11.6 Å². The Morgan fingerprint density at radius 2 is 1.75 bits per heavy atom. The summed E-state index contributed by atoms with van der Waals surface area (Å²) in [5.41, 5.74) is 0.342. The molecule has 0 aliphatic carbocycles. The molecule has 0 atom stereocenters. The molecular formula is C13H27ClN2. The van der Waals surface area contributed by atoms with E-state index in [0.717, 1.165) is 5.88 Å². The second-order valence-corrected chi connectivity index (χ2v) is 5.99. The summed E-state index contributed by atoms with van der Waals surface area (Å²) in [6, 6.07) is 0. The Morgan fingerprint density at radius 1 is 1.06 bits per heavy atom. The molecular weight excluding hydrogens is 220 g/mol. The Bertz CT molecular complexity index is 194. The highest BCUT2D eigenvalue weighted by Crippen LogP contribution is 2.19. The minimum Gasteiger partial charge on any atom is -0.300 e. The van der Waals surface area contributed by atoms with Crippen molar-refractivity contribution >= 4 is 11.6 Å². The number of likely N-dealkylation sites (N-methyl/N-ethyl adjacent to an activating group) is 1. The van der Waals surface area contributed by atoms with Crippen LogP contribution < -0.4 is 0 Å². The predicted molar refractivity (Wildman–Crippen MR) is 72.3 cm³/mol. The van der Waals surface area contributed by atoms with Crippen molar-refractivity contribution in [1.29, 1.82) is 0 Å². The largest absolute Gasteiger partial charge is 0.300 e. The molecule has 1 heterocycles. The second-order valence-electron chi connectivity index (χ2n) is 5.61. The zero-order valence-electron chi connectivity index (χ0n) is 11.1. The van der Waals surface area contributed by atoms with Gasteiger partial charge in [0.1, 0.15) is 0 Å². The van der Waals surface area contributed by atoms with Gasteiger partial charge in [0.2, 0.25) is 0 Å². The number of unbranched alkanes of at least 4 members (excludes halogenated alkanes) is 3. The van der Waals surface area contributed by atoms with Gasteiger partial charge in [0, 0.05) is 31.1 Å². The summed E-state index contributed by atoms with van der Waals surface area (Å²) >= 11 is 5.67. The molecule has 0 radical (unpaired) electrons. The predicted octanol–water partition coefficient (Wildman–Crippen LogP) is 2.81. The van der Waals surface area contributed by atoms with Crippen LogP contribution in [0.2, 0.25) is 0 Å². The molecule has 1 fully saturated rings. The Balaban J connectivity index is 2.14. The molecule has 0 bridgehead atoms. The Hall–Kier alpha value is 0.210. The van der Waals surface area contributed by atoms with E-state index in [9.17, 15) is 0 Å². The molecule has 0 aromatic heterocycles. The van der Waals surface area contributed by atoms with Crippen LogP contribution in [-0.2, 0) is 0 Å². The standard InChI is InChI=1S/C13H27ClN2/c1-13(2)12-16(11-10-15(13)3)9-7-5-4-6-8-14/h4-12H2,1-3H3. The maximum absolute atomic E-state index is 5.67. The van der Waals surface area contributed by atoms with E-state index in [1.807, 2.05) is 0 Å². The summed E-state index contributed by atoms with van der Waals surface area (Å²) in [5, 5.41) is 0. The average Bonchev–Trinajstić information content (AvgIpc) is 2.23. The lowest BCUT2D eigenvalue weighted by atomic mass is 9.99. The summed E-state index contributed by atoms with van der Waals surface area (Å²) in [4.78, 5) is 5.08. The number of halogens is 1. The van der Waals surface area contributed by atoms with Crippen LogP contribution in [0.25, 0.3) is 0 Å². The molecule has 16 heavy (non-hydrogen) atoms. The highest BCUT2D eigenvalue weighted by Gasteiger charge is 2.30. The first-order valence-electron chi connectivity index (χ1n) is 6.56. The summed E-state index contributed by atoms with van der Waals surface area (Å²) in [6.45, 7) is 9.59. The Morgan fingerprint density at radius 3 is 2.38 bits per heavy atom. The SMILES string of the molecule is CN1CCN(CCCCCCCl)CC1(C)C. The zero-order valence-corrected chi connectivity index (χ0v) is 11.9. The van der Waals surface area contributed by atoms with Gasteiger partial charge < -0.3 is 4.90 Å². The van der Waals surface area contributed by atoms with Crippen molar-refractivity contribution in [3.8, 4) is 0 Å². The van der Waals surface area contributed by atoms with Crippen LogP contribution in [-0.4, -0.2) is 54.4 Å². The van der Waals surface area contributed by atoms with Crippen molar-refractivity contribution < 1.29 is 0 Å². The molecule has 0 aromatic rings. The molecule has 0 N–H and O–H groups in total. The molecule has 0 unspecified atom stereocenters. The number of nitrogens with zero attached hydrogens (tertiary/aromatic N) is 2. The third-order valence-corrected chi connectivity index (χ3v) is 4.02. The number of hydrogen-bond donors (Lipinski definition) is 0. The van der Waals surface area contributed by atoms with Gasteiger partial charge in [-0.1, -0.05) is 12.8 Å². The number of hydrogen-bond acceptors (Lipinski definition) is 2. The fourth-order valence-corrected chi connectivity index (χ4v) is 2.50. The molecule has 1 aliphatic heterocycles.